The lowest BCUT2D eigenvalue weighted by Gasteiger charge is -2.08. The number of fused-ring (bicyclic) bond motifs is 1. The number of thiophene rings is 1. The maximum Gasteiger partial charge on any atom is 0.0931 e. The molecule has 0 spiro atoms. The molecule has 1 aromatic carbocycles. The van der Waals surface area contributed by atoms with Crippen LogP contribution in [-0.2, 0) is 13.1 Å². The van der Waals surface area contributed by atoms with Gasteiger partial charge in [0.15, 0.2) is 0 Å². The van der Waals surface area contributed by atoms with E-state index in [0.29, 0.717) is 0 Å². The monoisotopic (exact) mass is 322 g/mol. The minimum absolute atomic E-state index is 0.738. The molecule has 0 saturated carbocycles. The first kappa shape index (κ1) is 13.8. The van der Waals surface area contributed by atoms with E-state index in [4.69, 9.17) is 23.2 Å². The molecule has 0 aliphatic heterocycles. The minimum atomic E-state index is 0.738. The van der Waals surface area contributed by atoms with Crippen LogP contribution in [0.1, 0.15) is 10.4 Å². The molecule has 0 unspecified atom stereocenters. The van der Waals surface area contributed by atoms with Gasteiger partial charge in [0.05, 0.1) is 9.85 Å². The highest BCUT2D eigenvalue weighted by atomic mass is 35.5. The molecule has 0 radical (unpaired) electrons. The van der Waals surface area contributed by atoms with Gasteiger partial charge < -0.3 is 5.32 Å². The second-order valence-corrected chi connectivity index (χ2v) is 6.62. The van der Waals surface area contributed by atoms with Crippen molar-refractivity contribution in [1.29, 1.82) is 0 Å². The first-order valence-electron chi connectivity index (χ1n) is 6.21. The Morgan fingerprint density at radius 2 is 1.95 bits per heavy atom. The zero-order valence-corrected chi connectivity index (χ0v) is 12.9. The molecule has 2 heterocycles. The summed E-state index contributed by atoms with van der Waals surface area (Å²) in [6, 6.07) is 11.8. The van der Waals surface area contributed by atoms with E-state index in [2.05, 4.69) is 10.3 Å². The van der Waals surface area contributed by atoms with E-state index in [-0.39, 0.29) is 0 Å². The molecule has 0 amide bonds. The molecular formula is C15H12Cl2N2S. The summed E-state index contributed by atoms with van der Waals surface area (Å²) in [5.74, 6) is 0. The Kier molecular flexibility index (Phi) is 4.22. The molecule has 0 fully saturated rings. The van der Waals surface area contributed by atoms with Crippen LogP contribution < -0.4 is 5.32 Å². The number of nitrogens with zero attached hydrogens (tertiary/aromatic N) is 1. The number of hydrogen-bond donors (Lipinski definition) is 1. The molecule has 0 aliphatic carbocycles. The number of benzene rings is 1. The standard InChI is InChI=1S/C15H12Cl2N2S/c16-13-5-3-10(15-12(13)2-1-7-19-15)8-18-9-11-4-6-14(17)20-11/h1-7,18H,8-9H2. The molecule has 3 rings (SSSR count). The van der Waals surface area contributed by atoms with Crippen LogP contribution in [0.2, 0.25) is 9.36 Å². The number of rotatable bonds is 4. The summed E-state index contributed by atoms with van der Waals surface area (Å²) >= 11 is 13.7. The highest BCUT2D eigenvalue weighted by molar-refractivity contribution is 7.16. The third-order valence-corrected chi connectivity index (χ3v) is 4.60. The Morgan fingerprint density at radius 3 is 2.75 bits per heavy atom. The van der Waals surface area contributed by atoms with E-state index in [1.165, 1.54) is 4.88 Å². The van der Waals surface area contributed by atoms with Gasteiger partial charge in [0, 0.05) is 34.6 Å². The molecule has 102 valence electrons. The van der Waals surface area contributed by atoms with E-state index in [9.17, 15) is 0 Å². The second kappa shape index (κ2) is 6.10. The van der Waals surface area contributed by atoms with Crippen LogP contribution in [0.25, 0.3) is 10.9 Å². The van der Waals surface area contributed by atoms with Crippen molar-refractivity contribution in [2.45, 2.75) is 13.1 Å². The molecule has 0 saturated heterocycles. The van der Waals surface area contributed by atoms with Crippen molar-refractivity contribution >= 4 is 45.4 Å². The van der Waals surface area contributed by atoms with Gasteiger partial charge in [-0.1, -0.05) is 29.3 Å². The lowest BCUT2D eigenvalue weighted by molar-refractivity contribution is 0.703. The molecule has 5 heteroatoms. The lowest BCUT2D eigenvalue weighted by Crippen LogP contribution is -2.12. The van der Waals surface area contributed by atoms with Gasteiger partial charge in [-0.2, -0.15) is 0 Å². The Bertz CT molecular complexity index is 740. The van der Waals surface area contributed by atoms with Crippen LogP contribution in [0.4, 0.5) is 0 Å². The molecule has 0 aliphatic rings. The smallest absolute Gasteiger partial charge is 0.0931 e. The summed E-state index contributed by atoms with van der Waals surface area (Å²) in [5, 5.41) is 5.14. The van der Waals surface area contributed by atoms with Gasteiger partial charge >= 0.3 is 0 Å². The van der Waals surface area contributed by atoms with Gasteiger partial charge in [0.1, 0.15) is 0 Å². The van der Waals surface area contributed by atoms with Gasteiger partial charge in [-0.05, 0) is 35.9 Å². The predicted octanol–water partition coefficient (Wildman–Crippen LogP) is 4.89. The SMILES string of the molecule is Clc1ccc(CNCc2ccc(Cl)c3cccnc23)s1. The average Bonchev–Trinajstić information content (AvgIpc) is 2.87. The van der Waals surface area contributed by atoms with Crippen molar-refractivity contribution in [2.24, 2.45) is 0 Å². The Morgan fingerprint density at radius 1 is 1.05 bits per heavy atom. The number of hydrogen-bond acceptors (Lipinski definition) is 3. The minimum Gasteiger partial charge on any atom is -0.308 e. The fourth-order valence-electron chi connectivity index (χ4n) is 2.11. The van der Waals surface area contributed by atoms with Gasteiger partial charge in [0.2, 0.25) is 0 Å². The first-order chi connectivity index (χ1) is 9.74. The average molecular weight is 323 g/mol. The summed E-state index contributed by atoms with van der Waals surface area (Å²) in [5.41, 5.74) is 2.10. The first-order valence-corrected chi connectivity index (χ1v) is 7.78. The van der Waals surface area contributed by atoms with Crippen LogP contribution >= 0.6 is 34.5 Å². The largest absolute Gasteiger partial charge is 0.308 e. The molecule has 0 atom stereocenters. The summed E-state index contributed by atoms with van der Waals surface area (Å²) in [6.07, 6.45) is 1.79. The summed E-state index contributed by atoms with van der Waals surface area (Å²) < 4.78 is 0.820. The fourth-order valence-corrected chi connectivity index (χ4v) is 3.38. The maximum atomic E-state index is 6.19. The van der Waals surface area contributed by atoms with Crippen LogP contribution in [-0.4, -0.2) is 4.98 Å². The molecule has 3 aromatic rings. The number of aromatic nitrogens is 1. The molecule has 0 bridgehead atoms. The predicted molar refractivity (Wildman–Crippen MR) is 86.6 cm³/mol. The van der Waals surface area contributed by atoms with Crippen molar-refractivity contribution in [1.82, 2.24) is 10.3 Å². The normalized spacial score (nSPS) is 11.1. The van der Waals surface area contributed by atoms with E-state index in [1.807, 2.05) is 36.4 Å². The van der Waals surface area contributed by atoms with Gasteiger partial charge in [-0.3, -0.25) is 4.98 Å². The lowest BCUT2D eigenvalue weighted by atomic mass is 10.1. The number of pyridine rings is 1. The third kappa shape index (κ3) is 2.96. The van der Waals surface area contributed by atoms with Gasteiger partial charge in [-0.25, -0.2) is 0 Å². The Balaban J connectivity index is 1.76. The molecule has 1 N–H and O–H groups in total. The summed E-state index contributed by atoms with van der Waals surface area (Å²) in [7, 11) is 0. The van der Waals surface area contributed by atoms with Crippen LogP contribution in [0.3, 0.4) is 0 Å². The molecule has 2 nitrogen and oxygen atoms in total. The van der Waals surface area contributed by atoms with E-state index >= 15 is 0 Å². The van der Waals surface area contributed by atoms with E-state index in [1.54, 1.807) is 17.5 Å². The highest BCUT2D eigenvalue weighted by Gasteiger charge is 2.05. The zero-order valence-electron chi connectivity index (χ0n) is 10.6. The van der Waals surface area contributed by atoms with Crippen LogP contribution in [0.5, 0.6) is 0 Å². The maximum absolute atomic E-state index is 6.19. The summed E-state index contributed by atoms with van der Waals surface area (Å²) in [6.45, 7) is 1.55. The van der Waals surface area contributed by atoms with Crippen molar-refractivity contribution in [3.63, 3.8) is 0 Å². The van der Waals surface area contributed by atoms with Crippen LogP contribution in [0, 0.1) is 0 Å². The van der Waals surface area contributed by atoms with Crippen molar-refractivity contribution in [3.05, 3.63) is 62.4 Å². The van der Waals surface area contributed by atoms with Gasteiger partial charge in [0.25, 0.3) is 0 Å². The second-order valence-electron chi connectivity index (χ2n) is 4.42. The topological polar surface area (TPSA) is 24.9 Å². The number of nitrogens with one attached hydrogen (secondary N) is 1. The summed E-state index contributed by atoms with van der Waals surface area (Å²) in [4.78, 5) is 5.65. The zero-order chi connectivity index (χ0) is 13.9. The number of halogens is 2. The third-order valence-electron chi connectivity index (χ3n) is 3.04. The quantitative estimate of drug-likeness (QED) is 0.739. The Labute approximate surface area is 131 Å². The van der Waals surface area contributed by atoms with Crippen molar-refractivity contribution < 1.29 is 0 Å². The van der Waals surface area contributed by atoms with E-state index < -0.39 is 0 Å². The van der Waals surface area contributed by atoms with Gasteiger partial charge in [-0.15, -0.1) is 11.3 Å². The Hall–Kier alpha value is -1.13. The van der Waals surface area contributed by atoms with Crippen LogP contribution in [0.15, 0.2) is 42.6 Å². The fraction of sp³-hybridized carbons (Fsp3) is 0.133. The molecule has 20 heavy (non-hydrogen) atoms. The van der Waals surface area contributed by atoms with Crippen molar-refractivity contribution in [2.75, 3.05) is 0 Å². The van der Waals surface area contributed by atoms with E-state index in [0.717, 1.165) is 38.9 Å². The highest BCUT2D eigenvalue weighted by Crippen LogP contribution is 2.25. The molecule has 2 aromatic heterocycles. The van der Waals surface area contributed by atoms with Crippen molar-refractivity contribution in [3.8, 4) is 0 Å². The molecular weight excluding hydrogens is 311 g/mol.